The van der Waals surface area contributed by atoms with E-state index in [0.717, 1.165) is 26.3 Å². The molecule has 0 heterocycles. The molecule has 0 spiro atoms. The quantitative estimate of drug-likeness (QED) is 0.566. The molecule has 0 saturated heterocycles. The van der Waals surface area contributed by atoms with Gasteiger partial charge in [-0.1, -0.05) is 27.2 Å². The summed E-state index contributed by atoms with van der Waals surface area (Å²) in [5.74, 6) is 0. The van der Waals surface area contributed by atoms with Crippen LogP contribution in [0.5, 0.6) is 0 Å². The molecule has 16 heavy (non-hydrogen) atoms. The van der Waals surface area contributed by atoms with Crippen LogP contribution in [0.1, 0.15) is 46.5 Å². The fraction of sp³-hybridized carbons (Fsp3) is 1.00. The van der Waals surface area contributed by atoms with Crippen molar-refractivity contribution in [2.45, 2.75) is 51.2 Å². The first kappa shape index (κ1) is 16.3. The zero-order chi connectivity index (χ0) is 12.3. The minimum Gasteiger partial charge on any atom is -0.380 e. The van der Waals surface area contributed by atoms with E-state index in [1.54, 1.807) is 0 Å². The summed E-state index contributed by atoms with van der Waals surface area (Å²) < 4.78 is 5.94. The van der Waals surface area contributed by atoms with Gasteiger partial charge in [-0.15, -0.1) is 0 Å². The lowest BCUT2D eigenvalue weighted by Gasteiger charge is -2.29. The molecule has 0 aromatic heterocycles. The summed E-state index contributed by atoms with van der Waals surface area (Å²) in [6.45, 7) is 10.6. The van der Waals surface area contributed by atoms with E-state index in [9.17, 15) is 0 Å². The third kappa shape index (κ3) is 6.77. The fourth-order valence-electron chi connectivity index (χ4n) is 1.67. The van der Waals surface area contributed by atoms with Crippen molar-refractivity contribution in [3.8, 4) is 0 Å². The maximum atomic E-state index is 5.52. The second kappa shape index (κ2) is 10.4. The minimum absolute atomic E-state index is 0.420. The summed E-state index contributed by atoms with van der Waals surface area (Å²) in [5, 5.41) is 3.51. The molecule has 1 N–H and O–H groups in total. The van der Waals surface area contributed by atoms with Crippen LogP contribution < -0.4 is 5.32 Å². The molecule has 0 rings (SSSR count). The zero-order valence-corrected chi connectivity index (χ0v) is 12.3. The van der Waals surface area contributed by atoms with Crippen LogP contribution in [0.2, 0.25) is 0 Å². The summed E-state index contributed by atoms with van der Waals surface area (Å²) in [6.07, 6.45) is 7.07. The molecule has 0 bridgehead atoms. The number of rotatable bonds is 11. The van der Waals surface area contributed by atoms with Gasteiger partial charge in [0.05, 0.1) is 6.61 Å². The monoisotopic (exact) mass is 247 g/mol. The first-order chi connectivity index (χ1) is 7.74. The standard InChI is InChI=1S/C13H29NOS/c1-5-8-10-15-11-9-14-12-13(6-2,7-3)16-4/h14H,5-12H2,1-4H3. The van der Waals surface area contributed by atoms with E-state index in [1.807, 2.05) is 11.8 Å². The number of hydrogen-bond donors (Lipinski definition) is 1. The van der Waals surface area contributed by atoms with Crippen molar-refractivity contribution in [3.63, 3.8) is 0 Å². The Kier molecular flexibility index (Phi) is 10.6. The summed E-state index contributed by atoms with van der Waals surface area (Å²) in [7, 11) is 0. The number of thioether (sulfide) groups is 1. The molecule has 98 valence electrons. The van der Waals surface area contributed by atoms with Crippen molar-refractivity contribution >= 4 is 11.8 Å². The van der Waals surface area contributed by atoms with Gasteiger partial charge in [-0.05, 0) is 25.5 Å². The van der Waals surface area contributed by atoms with E-state index in [1.165, 1.54) is 25.7 Å². The predicted molar refractivity (Wildman–Crippen MR) is 75.4 cm³/mol. The van der Waals surface area contributed by atoms with Crippen LogP contribution in [0.3, 0.4) is 0 Å². The van der Waals surface area contributed by atoms with Crippen molar-refractivity contribution in [3.05, 3.63) is 0 Å². The summed E-state index contributed by atoms with van der Waals surface area (Å²) in [6, 6.07) is 0. The van der Waals surface area contributed by atoms with E-state index < -0.39 is 0 Å². The Hall–Kier alpha value is 0.270. The molecule has 2 nitrogen and oxygen atoms in total. The Morgan fingerprint density at radius 2 is 1.81 bits per heavy atom. The van der Waals surface area contributed by atoms with E-state index in [2.05, 4.69) is 32.3 Å². The Morgan fingerprint density at radius 1 is 1.12 bits per heavy atom. The van der Waals surface area contributed by atoms with E-state index in [4.69, 9.17) is 4.74 Å². The van der Waals surface area contributed by atoms with Gasteiger partial charge in [-0.2, -0.15) is 11.8 Å². The third-order valence-electron chi connectivity index (χ3n) is 3.23. The van der Waals surface area contributed by atoms with Crippen molar-refractivity contribution in [1.29, 1.82) is 0 Å². The Balaban J connectivity index is 3.48. The highest BCUT2D eigenvalue weighted by molar-refractivity contribution is 8.00. The van der Waals surface area contributed by atoms with Crippen LogP contribution in [0.15, 0.2) is 0 Å². The van der Waals surface area contributed by atoms with Crippen LogP contribution >= 0.6 is 11.8 Å². The van der Waals surface area contributed by atoms with Crippen molar-refractivity contribution in [2.75, 3.05) is 32.6 Å². The second-order valence-corrected chi connectivity index (χ2v) is 5.51. The summed E-state index contributed by atoms with van der Waals surface area (Å²) in [5.41, 5.74) is 0. The average molecular weight is 247 g/mol. The Labute approximate surface area is 106 Å². The molecule has 0 aliphatic rings. The molecule has 0 fully saturated rings. The fourth-order valence-corrected chi connectivity index (χ4v) is 2.49. The molecule has 0 unspecified atom stereocenters. The lowest BCUT2D eigenvalue weighted by atomic mass is 10.0. The van der Waals surface area contributed by atoms with Gasteiger partial charge in [0.1, 0.15) is 0 Å². The second-order valence-electron chi connectivity index (χ2n) is 4.24. The topological polar surface area (TPSA) is 21.3 Å². The molecule has 0 aromatic carbocycles. The lowest BCUT2D eigenvalue weighted by Crippen LogP contribution is -2.38. The van der Waals surface area contributed by atoms with Gasteiger partial charge in [0, 0.05) is 24.4 Å². The van der Waals surface area contributed by atoms with Crippen LogP contribution in [-0.2, 0) is 4.74 Å². The van der Waals surface area contributed by atoms with E-state index in [-0.39, 0.29) is 0 Å². The van der Waals surface area contributed by atoms with Crippen LogP contribution in [-0.4, -0.2) is 37.3 Å². The highest BCUT2D eigenvalue weighted by atomic mass is 32.2. The maximum absolute atomic E-state index is 5.52. The maximum Gasteiger partial charge on any atom is 0.0590 e. The van der Waals surface area contributed by atoms with Crippen LogP contribution in [0.25, 0.3) is 0 Å². The molecule has 0 saturated carbocycles. The normalized spacial score (nSPS) is 12.0. The largest absolute Gasteiger partial charge is 0.380 e. The van der Waals surface area contributed by atoms with Gasteiger partial charge in [-0.3, -0.25) is 0 Å². The highest BCUT2D eigenvalue weighted by Crippen LogP contribution is 2.29. The number of hydrogen-bond acceptors (Lipinski definition) is 3. The predicted octanol–water partition coefficient (Wildman–Crippen LogP) is 3.31. The molecule has 0 aliphatic carbocycles. The first-order valence-corrected chi connectivity index (χ1v) is 7.80. The smallest absolute Gasteiger partial charge is 0.0590 e. The Morgan fingerprint density at radius 3 is 2.31 bits per heavy atom. The molecule has 0 aliphatic heterocycles. The molecule has 0 amide bonds. The lowest BCUT2D eigenvalue weighted by molar-refractivity contribution is 0.132. The molecule has 0 radical (unpaired) electrons. The van der Waals surface area contributed by atoms with Crippen molar-refractivity contribution < 1.29 is 4.74 Å². The molecule has 3 heteroatoms. The van der Waals surface area contributed by atoms with E-state index >= 15 is 0 Å². The van der Waals surface area contributed by atoms with Gasteiger partial charge in [-0.25, -0.2) is 0 Å². The first-order valence-electron chi connectivity index (χ1n) is 6.58. The Bertz CT molecular complexity index is 141. The molecule has 0 atom stereocenters. The minimum atomic E-state index is 0.420. The van der Waals surface area contributed by atoms with Crippen molar-refractivity contribution in [2.24, 2.45) is 0 Å². The molecular weight excluding hydrogens is 218 g/mol. The van der Waals surface area contributed by atoms with Gasteiger partial charge >= 0.3 is 0 Å². The summed E-state index contributed by atoms with van der Waals surface area (Å²) >= 11 is 1.99. The zero-order valence-electron chi connectivity index (χ0n) is 11.5. The van der Waals surface area contributed by atoms with Gasteiger partial charge in [0.15, 0.2) is 0 Å². The molecular formula is C13H29NOS. The number of ether oxygens (including phenoxy) is 1. The van der Waals surface area contributed by atoms with Crippen LogP contribution in [0, 0.1) is 0 Å². The summed E-state index contributed by atoms with van der Waals surface area (Å²) in [4.78, 5) is 0. The van der Waals surface area contributed by atoms with Gasteiger partial charge in [0.25, 0.3) is 0 Å². The average Bonchev–Trinajstić information content (AvgIpc) is 2.34. The van der Waals surface area contributed by atoms with E-state index in [0.29, 0.717) is 4.75 Å². The number of nitrogens with one attached hydrogen (secondary N) is 1. The number of unbranched alkanes of at least 4 members (excludes halogenated alkanes) is 1. The van der Waals surface area contributed by atoms with Gasteiger partial charge in [0.2, 0.25) is 0 Å². The molecule has 0 aromatic rings. The third-order valence-corrected chi connectivity index (χ3v) is 4.82. The highest BCUT2D eigenvalue weighted by Gasteiger charge is 2.23. The SMILES string of the molecule is CCCCOCCNCC(CC)(CC)SC. The van der Waals surface area contributed by atoms with Crippen molar-refractivity contribution in [1.82, 2.24) is 5.32 Å². The van der Waals surface area contributed by atoms with Gasteiger partial charge < -0.3 is 10.1 Å². The van der Waals surface area contributed by atoms with Crippen LogP contribution in [0.4, 0.5) is 0 Å².